The summed E-state index contributed by atoms with van der Waals surface area (Å²) >= 11 is 0. The number of nitrogens with zero attached hydrogens (tertiary/aromatic N) is 1. The van der Waals surface area contributed by atoms with Gasteiger partial charge in [0, 0.05) is 13.6 Å². The van der Waals surface area contributed by atoms with E-state index >= 15 is 0 Å². The lowest BCUT2D eigenvalue weighted by molar-refractivity contribution is -0.139. The zero-order chi connectivity index (χ0) is 18.0. The first-order chi connectivity index (χ1) is 11.2. The molecule has 2 aromatic rings. The Morgan fingerprint density at radius 1 is 1.08 bits per heavy atom. The van der Waals surface area contributed by atoms with Crippen LogP contribution in [0, 0.1) is 0 Å². The molecule has 2 rings (SSSR count). The maximum Gasteiger partial charge on any atom is 0.417 e. The smallest absolute Gasteiger partial charge is 0.417 e. The predicted molar refractivity (Wildman–Crippen MR) is 83.1 cm³/mol. The summed E-state index contributed by atoms with van der Waals surface area (Å²) in [5.41, 5.74) is -0.576. The molecule has 8 heteroatoms. The van der Waals surface area contributed by atoms with Crippen molar-refractivity contribution >= 4 is 10.0 Å². The first kappa shape index (κ1) is 18.3. The topological polar surface area (TPSA) is 46.6 Å². The molecular formula is C16H16F3NO3S. The number of methoxy groups -OCH3 is 1. The highest BCUT2D eigenvalue weighted by molar-refractivity contribution is 7.89. The average molecular weight is 359 g/mol. The van der Waals surface area contributed by atoms with E-state index in [0.717, 1.165) is 22.5 Å². The van der Waals surface area contributed by atoms with Gasteiger partial charge in [0.25, 0.3) is 0 Å². The molecule has 0 fully saturated rings. The molecule has 0 saturated carbocycles. The molecular weight excluding hydrogens is 343 g/mol. The van der Waals surface area contributed by atoms with Crippen molar-refractivity contribution in [2.24, 2.45) is 0 Å². The minimum atomic E-state index is -4.75. The fraction of sp³-hybridized carbons (Fsp3) is 0.250. The molecule has 0 aliphatic rings. The number of hydrogen-bond donors (Lipinski definition) is 0. The largest absolute Gasteiger partial charge is 0.497 e. The van der Waals surface area contributed by atoms with Gasteiger partial charge in [-0.15, -0.1) is 0 Å². The van der Waals surface area contributed by atoms with Crippen molar-refractivity contribution in [3.63, 3.8) is 0 Å². The van der Waals surface area contributed by atoms with Crippen LogP contribution in [0.1, 0.15) is 11.1 Å². The van der Waals surface area contributed by atoms with Crippen molar-refractivity contribution < 1.29 is 26.3 Å². The summed E-state index contributed by atoms with van der Waals surface area (Å²) in [4.78, 5) is -0.761. The summed E-state index contributed by atoms with van der Waals surface area (Å²) < 4.78 is 70.2. The Balaban J connectivity index is 2.37. The lowest BCUT2D eigenvalue weighted by Gasteiger charge is -2.20. The highest BCUT2D eigenvalue weighted by atomic mass is 32.2. The molecule has 0 aliphatic carbocycles. The lowest BCUT2D eigenvalue weighted by Crippen LogP contribution is -2.28. The predicted octanol–water partition coefficient (Wildman–Crippen LogP) is 3.53. The van der Waals surface area contributed by atoms with Gasteiger partial charge in [-0.25, -0.2) is 8.42 Å². The molecule has 4 nitrogen and oxygen atoms in total. The first-order valence-corrected chi connectivity index (χ1v) is 8.36. The van der Waals surface area contributed by atoms with Crippen LogP contribution in [0.2, 0.25) is 0 Å². The van der Waals surface area contributed by atoms with Crippen LogP contribution in [0.3, 0.4) is 0 Å². The third kappa shape index (κ3) is 3.88. The van der Waals surface area contributed by atoms with Crippen LogP contribution in [0.25, 0.3) is 0 Å². The molecule has 0 aromatic heterocycles. The molecule has 0 amide bonds. The molecule has 0 atom stereocenters. The van der Waals surface area contributed by atoms with Gasteiger partial charge in [-0.05, 0) is 29.8 Å². The van der Waals surface area contributed by atoms with Gasteiger partial charge in [0.15, 0.2) is 0 Å². The van der Waals surface area contributed by atoms with Gasteiger partial charge in [-0.2, -0.15) is 17.5 Å². The van der Waals surface area contributed by atoms with E-state index in [1.165, 1.54) is 20.2 Å². The van der Waals surface area contributed by atoms with E-state index in [0.29, 0.717) is 11.3 Å². The van der Waals surface area contributed by atoms with Crippen molar-refractivity contribution in [2.75, 3.05) is 14.2 Å². The van der Waals surface area contributed by atoms with Gasteiger partial charge in [0.05, 0.1) is 17.6 Å². The molecule has 0 heterocycles. The van der Waals surface area contributed by atoms with Crippen LogP contribution < -0.4 is 4.74 Å². The maximum atomic E-state index is 13.1. The van der Waals surface area contributed by atoms with Crippen LogP contribution in [-0.2, 0) is 22.7 Å². The van der Waals surface area contributed by atoms with E-state index in [-0.39, 0.29) is 6.54 Å². The second-order valence-corrected chi connectivity index (χ2v) is 7.12. The molecule has 0 spiro atoms. The molecule has 130 valence electrons. The van der Waals surface area contributed by atoms with Gasteiger partial charge in [0.1, 0.15) is 5.75 Å². The number of rotatable bonds is 5. The minimum absolute atomic E-state index is 0.0777. The molecule has 0 aliphatic heterocycles. The average Bonchev–Trinajstić information content (AvgIpc) is 2.54. The molecule has 0 radical (unpaired) electrons. The number of sulfonamides is 1. The van der Waals surface area contributed by atoms with Gasteiger partial charge in [0.2, 0.25) is 10.0 Å². The van der Waals surface area contributed by atoms with E-state index < -0.39 is 26.7 Å². The van der Waals surface area contributed by atoms with Crippen LogP contribution >= 0.6 is 0 Å². The van der Waals surface area contributed by atoms with E-state index in [9.17, 15) is 21.6 Å². The SMILES string of the molecule is COc1cccc(CN(C)S(=O)(=O)c2ccccc2C(F)(F)F)c1. The monoisotopic (exact) mass is 359 g/mol. The molecule has 0 bridgehead atoms. The highest BCUT2D eigenvalue weighted by Gasteiger charge is 2.38. The van der Waals surface area contributed by atoms with Gasteiger partial charge in [-0.1, -0.05) is 24.3 Å². The van der Waals surface area contributed by atoms with Crippen molar-refractivity contribution in [1.29, 1.82) is 0 Å². The quantitative estimate of drug-likeness (QED) is 0.820. The van der Waals surface area contributed by atoms with E-state index in [4.69, 9.17) is 4.74 Å². The second-order valence-electron chi connectivity index (χ2n) is 5.11. The number of halogens is 3. The van der Waals surface area contributed by atoms with Crippen molar-refractivity contribution in [2.45, 2.75) is 17.6 Å². The third-order valence-electron chi connectivity index (χ3n) is 3.42. The molecule has 0 unspecified atom stereocenters. The fourth-order valence-electron chi connectivity index (χ4n) is 2.21. The number of ether oxygens (including phenoxy) is 1. The van der Waals surface area contributed by atoms with Crippen LogP contribution in [0.5, 0.6) is 5.75 Å². The highest BCUT2D eigenvalue weighted by Crippen LogP contribution is 2.35. The Labute approximate surface area is 138 Å². The maximum absolute atomic E-state index is 13.1. The number of hydrogen-bond acceptors (Lipinski definition) is 3. The van der Waals surface area contributed by atoms with Crippen molar-refractivity contribution in [1.82, 2.24) is 4.31 Å². The summed E-state index contributed by atoms with van der Waals surface area (Å²) in [7, 11) is -1.59. The molecule has 24 heavy (non-hydrogen) atoms. The third-order valence-corrected chi connectivity index (χ3v) is 5.28. The fourth-order valence-corrected chi connectivity index (χ4v) is 3.57. The van der Waals surface area contributed by atoms with Crippen LogP contribution in [0.4, 0.5) is 13.2 Å². The zero-order valence-corrected chi connectivity index (χ0v) is 13.9. The second kappa shape index (κ2) is 6.82. The van der Waals surface area contributed by atoms with E-state index in [1.807, 2.05) is 0 Å². The Morgan fingerprint density at radius 2 is 1.75 bits per heavy atom. The van der Waals surface area contributed by atoms with Crippen molar-refractivity contribution in [3.8, 4) is 5.75 Å². The number of benzene rings is 2. The van der Waals surface area contributed by atoms with Crippen molar-refractivity contribution in [3.05, 3.63) is 59.7 Å². The lowest BCUT2D eigenvalue weighted by atomic mass is 10.2. The Kier molecular flexibility index (Phi) is 5.19. The minimum Gasteiger partial charge on any atom is -0.497 e. The summed E-state index contributed by atoms with van der Waals surface area (Å²) in [6.45, 7) is -0.0777. The van der Waals surface area contributed by atoms with Gasteiger partial charge < -0.3 is 4.74 Å². The summed E-state index contributed by atoms with van der Waals surface area (Å²) in [6, 6.07) is 10.8. The van der Waals surface area contributed by atoms with Gasteiger partial charge in [-0.3, -0.25) is 0 Å². The van der Waals surface area contributed by atoms with E-state index in [1.54, 1.807) is 24.3 Å². The Morgan fingerprint density at radius 3 is 2.38 bits per heavy atom. The molecule has 0 N–H and O–H groups in total. The van der Waals surface area contributed by atoms with Crippen LogP contribution in [0.15, 0.2) is 53.4 Å². The number of alkyl halides is 3. The summed E-state index contributed by atoms with van der Waals surface area (Å²) in [5, 5.41) is 0. The van der Waals surface area contributed by atoms with Gasteiger partial charge >= 0.3 is 6.18 Å². The Bertz CT molecular complexity index is 819. The normalized spacial score (nSPS) is 12.4. The standard InChI is InChI=1S/C16H16F3NO3S/c1-20(11-12-6-5-7-13(10-12)23-2)24(21,22)15-9-4-3-8-14(15)16(17,18)19/h3-10H,11H2,1-2H3. The summed E-state index contributed by atoms with van der Waals surface area (Å²) in [5.74, 6) is 0.536. The van der Waals surface area contributed by atoms with Crippen LogP contribution in [-0.4, -0.2) is 26.9 Å². The van der Waals surface area contributed by atoms with E-state index in [2.05, 4.69) is 0 Å². The molecule has 2 aromatic carbocycles. The Hall–Kier alpha value is -2.06. The zero-order valence-electron chi connectivity index (χ0n) is 13.0. The molecule has 0 saturated heterocycles. The summed E-state index contributed by atoms with van der Waals surface area (Å²) in [6.07, 6.45) is -4.75. The first-order valence-electron chi connectivity index (χ1n) is 6.92.